The summed E-state index contributed by atoms with van der Waals surface area (Å²) in [7, 11) is 1.54. The van der Waals surface area contributed by atoms with Crippen molar-refractivity contribution in [2.45, 2.75) is 18.9 Å². The van der Waals surface area contributed by atoms with E-state index in [1.54, 1.807) is 13.2 Å². The molecule has 1 aromatic heterocycles. The van der Waals surface area contributed by atoms with Gasteiger partial charge < -0.3 is 15.4 Å². The highest BCUT2D eigenvalue weighted by Gasteiger charge is 2.28. The Morgan fingerprint density at radius 3 is 2.72 bits per heavy atom. The number of nitriles is 1. The second kappa shape index (κ2) is 7.60. The van der Waals surface area contributed by atoms with E-state index in [1.807, 2.05) is 42.5 Å². The SMILES string of the molecule is COc1ccc(-c2ccccc2)c2cc(C#N)c(NC(=O)C3CCC(=O)N3)nc12. The molecule has 1 fully saturated rings. The number of aromatic nitrogens is 1. The lowest BCUT2D eigenvalue weighted by molar-refractivity contribution is -0.122. The summed E-state index contributed by atoms with van der Waals surface area (Å²) in [6.07, 6.45) is 0.726. The van der Waals surface area contributed by atoms with E-state index in [4.69, 9.17) is 4.74 Å². The summed E-state index contributed by atoms with van der Waals surface area (Å²) >= 11 is 0. The maximum Gasteiger partial charge on any atom is 0.248 e. The predicted molar refractivity (Wildman–Crippen MR) is 108 cm³/mol. The van der Waals surface area contributed by atoms with Crippen LogP contribution in [0.3, 0.4) is 0 Å². The van der Waals surface area contributed by atoms with Gasteiger partial charge in [0.25, 0.3) is 0 Å². The Morgan fingerprint density at radius 2 is 2.07 bits per heavy atom. The first-order valence-corrected chi connectivity index (χ1v) is 9.18. The van der Waals surface area contributed by atoms with Crippen molar-refractivity contribution in [2.24, 2.45) is 0 Å². The average molecular weight is 386 g/mol. The molecule has 2 amide bonds. The van der Waals surface area contributed by atoms with Gasteiger partial charge >= 0.3 is 0 Å². The molecule has 1 aliphatic heterocycles. The maximum absolute atomic E-state index is 12.5. The number of rotatable bonds is 4. The third-order valence-electron chi connectivity index (χ3n) is 4.93. The van der Waals surface area contributed by atoms with Crippen molar-refractivity contribution in [3.63, 3.8) is 0 Å². The van der Waals surface area contributed by atoms with Crippen LogP contribution < -0.4 is 15.4 Å². The molecule has 2 aromatic carbocycles. The summed E-state index contributed by atoms with van der Waals surface area (Å²) in [6.45, 7) is 0. The van der Waals surface area contributed by atoms with Crippen molar-refractivity contribution in [1.29, 1.82) is 5.26 Å². The Labute approximate surface area is 167 Å². The zero-order valence-corrected chi connectivity index (χ0v) is 15.7. The normalized spacial score (nSPS) is 15.6. The zero-order valence-electron chi connectivity index (χ0n) is 15.7. The topological polar surface area (TPSA) is 104 Å². The summed E-state index contributed by atoms with van der Waals surface area (Å²) in [5, 5.41) is 15.7. The molecular formula is C22H18N4O3. The van der Waals surface area contributed by atoms with Crippen molar-refractivity contribution >= 4 is 28.5 Å². The molecule has 4 rings (SSSR count). The van der Waals surface area contributed by atoms with Gasteiger partial charge in [0, 0.05) is 11.8 Å². The Balaban J connectivity index is 1.82. The third-order valence-corrected chi connectivity index (χ3v) is 4.93. The van der Waals surface area contributed by atoms with E-state index in [2.05, 4.69) is 21.7 Å². The molecule has 2 N–H and O–H groups in total. The molecule has 0 saturated carbocycles. The van der Waals surface area contributed by atoms with Gasteiger partial charge in [-0.1, -0.05) is 30.3 Å². The quantitative estimate of drug-likeness (QED) is 0.717. The van der Waals surface area contributed by atoms with E-state index in [0.717, 1.165) is 16.5 Å². The van der Waals surface area contributed by atoms with Crippen LogP contribution in [-0.4, -0.2) is 29.9 Å². The Bertz CT molecular complexity index is 1150. The molecule has 1 atom stereocenters. The fourth-order valence-corrected chi connectivity index (χ4v) is 3.46. The molecule has 3 aromatic rings. The largest absolute Gasteiger partial charge is 0.494 e. The zero-order chi connectivity index (χ0) is 20.4. The first-order valence-electron chi connectivity index (χ1n) is 9.18. The van der Waals surface area contributed by atoms with Crippen molar-refractivity contribution in [2.75, 3.05) is 12.4 Å². The number of nitrogens with one attached hydrogen (secondary N) is 2. The lowest BCUT2D eigenvalue weighted by Gasteiger charge is -2.15. The molecule has 144 valence electrons. The van der Waals surface area contributed by atoms with E-state index >= 15 is 0 Å². The summed E-state index contributed by atoms with van der Waals surface area (Å²) in [5.41, 5.74) is 2.67. The molecule has 0 radical (unpaired) electrons. The highest BCUT2D eigenvalue weighted by Crippen LogP contribution is 2.35. The highest BCUT2D eigenvalue weighted by molar-refractivity contribution is 6.03. The molecule has 0 spiro atoms. The molecule has 2 heterocycles. The number of methoxy groups -OCH3 is 1. The number of amides is 2. The van der Waals surface area contributed by atoms with Gasteiger partial charge in [0.15, 0.2) is 5.82 Å². The van der Waals surface area contributed by atoms with Gasteiger partial charge in [0.05, 0.1) is 12.7 Å². The number of ether oxygens (including phenoxy) is 1. The minimum absolute atomic E-state index is 0.148. The summed E-state index contributed by atoms with van der Waals surface area (Å²) in [4.78, 5) is 28.4. The van der Waals surface area contributed by atoms with Gasteiger partial charge in [0.2, 0.25) is 11.8 Å². The first-order chi connectivity index (χ1) is 14.1. The van der Waals surface area contributed by atoms with E-state index < -0.39 is 11.9 Å². The fraction of sp³-hybridized carbons (Fsp3) is 0.182. The number of hydrogen-bond acceptors (Lipinski definition) is 5. The monoisotopic (exact) mass is 386 g/mol. The minimum Gasteiger partial charge on any atom is -0.494 e. The number of carbonyl (C=O) groups is 2. The lowest BCUT2D eigenvalue weighted by atomic mass is 9.99. The molecule has 0 bridgehead atoms. The van der Waals surface area contributed by atoms with Crippen LogP contribution in [0.25, 0.3) is 22.0 Å². The number of pyridine rings is 1. The molecule has 29 heavy (non-hydrogen) atoms. The van der Waals surface area contributed by atoms with Crippen molar-refractivity contribution < 1.29 is 14.3 Å². The van der Waals surface area contributed by atoms with E-state index in [1.165, 1.54) is 0 Å². The summed E-state index contributed by atoms with van der Waals surface area (Å²) in [5.74, 6) is 0.132. The van der Waals surface area contributed by atoms with Crippen LogP contribution >= 0.6 is 0 Å². The van der Waals surface area contributed by atoms with Crippen LogP contribution in [0.5, 0.6) is 5.75 Å². The minimum atomic E-state index is -0.621. The number of fused-ring (bicyclic) bond motifs is 1. The van der Waals surface area contributed by atoms with Crippen LogP contribution in [0.4, 0.5) is 5.82 Å². The smallest absolute Gasteiger partial charge is 0.248 e. The number of nitrogens with zero attached hydrogens (tertiary/aromatic N) is 2. The number of carbonyl (C=O) groups excluding carboxylic acids is 2. The molecule has 1 aliphatic rings. The van der Waals surface area contributed by atoms with Crippen LogP contribution in [0.15, 0.2) is 48.5 Å². The maximum atomic E-state index is 12.5. The fourth-order valence-electron chi connectivity index (χ4n) is 3.46. The molecule has 0 aliphatic carbocycles. The summed E-state index contributed by atoms with van der Waals surface area (Å²) < 4.78 is 5.45. The Kier molecular flexibility index (Phi) is 4.83. The number of benzene rings is 2. The molecule has 1 unspecified atom stereocenters. The van der Waals surface area contributed by atoms with Crippen molar-refractivity contribution in [1.82, 2.24) is 10.3 Å². The van der Waals surface area contributed by atoms with E-state index in [0.29, 0.717) is 24.1 Å². The van der Waals surface area contributed by atoms with Gasteiger partial charge in [0.1, 0.15) is 23.4 Å². The van der Waals surface area contributed by atoms with Crippen LogP contribution in [-0.2, 0) is 9.59 Å². The van der Waals surface area contributed by atoms with Gasteiger partial charge in [-0.25, -0.2) is 4.98 Å². The van der Waals surface area contributed by atoms with Crippen molar-refractivity contribution in [3.8, 4) is 22.9 Å². The van der Waals surface area contributed by atoms with E-state index in [-0.39, 0.29) is 17.3 Å². The average Bonchev–Trinajstić information content (AvgIpc) is 3.19. The Hall–Kier alpha value is -3.92. The standard InChI is InChI=1S/C22H18N4O3/c1-29-18-9-7-15(13-5-3-2-4-6-13)16-11-14(12-23)21(25-20(16)18)26-22(28)17-8-10-19(27)24-17/h2-7,9,11,17H,8,10H2,1H3,(H,24,27)(H,25,26,28). The lowest BCUT2D eigenvalue weighted by Crippen LogP contribution is -2.37. The van der Waals surface area contributed by atoms with Gasteiger partial charge in [-0.3, -0.25) is 9.59 Å². The third kappa shape index (κ3) is 3.48. The molecule has 7 heteroatoms. The van der Waals surface area contributed by atoms with Crippen LogP contribution in [0, 0.1) is 11.3 Å². The second-order valence-electron chi connectivity index (χ2n) is 6.72. The molecule has 1 saturated heterocycles. The van der Waals surface area contributed by atoms with Gasteiger partial charge in [-0.15, -0.1) is 0 Å². The van der Waals surface area contributed by atoms with Crippen LogP contribution in [0.1, 0.15) is 18.4 Å². The first kappa shape index (κ1) is 18.4. The van der Waals surface area contributed by atoms with Gasteiger partial charge in [-0.2, -0.15) is 5.26 Å². The van der Waals surface area contributed by atoms with Crippen LogP contribution in [0.2, 0.25) is 0 Å². The van der Waals surface area contributed by atoms with E-state index in [9.17, 15) is 14.9 Å². The number of anilines is 1. The second-order valence-corrected chi connectivity index (χ2v) is 6.72. The number of hydrogen-bond donors (Lipinski definition) is 2. The Morgan fingerprint density at radius 1 is 1.28 bits per heavy atom. The van der Waals surface area contributed by atoms with Crippen molar-refractivity contribution in [3.05, 3.63) is 54.1 Å². The van der Waals surface area contributed by atoms with Gasteiger partial charge in [-0.05, 0) is 35.7 Å². The highest BCUT2D eigenvalue weighted by atomic mass is 16.5. The predicted octanol–water partition coefficient (Wildman–Crippen LogP) is 3.00. The summed E-state index contributed by atoms with van der Waals surface area (Å²) in [6, 6.07) is 16.7. The molecule has 7 nitrogen and oxygen atoms in total. The molecular weight excluding hydrogens is 368 g/mol.